The maximum atomic E-state index is 12.8. The maximum Gasteiger partial charge on any atom is 0.251 e. The predicted molar refractivity (Wildman–Crippen MR) is 105 cm³/mol. The summed E-state index contributed by atoms with van der Waals surface area (Å²) in [5, 5.41) is 3.95. The van der Waals surface area contributed by atoms with Crippen molar-refractivity contribution in [3.63, 3.8) is 0 Å². The van der Waals surface area contributed by atoms with Gasteiger partial charge in [-0.1, -0.05) is 12.1 Å². The number of hydrogen-bond donors (Lipinski definition) is 0. The Morgan fingerprint density at radius 2 is 1.86 bits per heavy atom. The van der Waals surface area contributed by atoms with E-state index in [4.69, 9.17) is 8.94 Å². The van der Waals surface area contributed by atoms with Gasteiger partial charge in [0.15, 0.2) is 0 Å². The molecule has 1 aromatic carbocycles. The van der Waals surface area contributed by atoms with E-state index in [9.17, 15) is 8.42 Å². The number of rotatable bonds is 5. The Balaban J connectivity index is 1.49. The SMILES string of the molecule is CC1CCN(S(=O)(=O)c2ccc(-c3noc(C=Cc4ccco4)n3)cc2)CC1. The fourth-order valence-electron chi connectivity index (χ4n) is 3.11. The molecule has 2 aromatic heterocycles. The number of furan rings is 1. The van der Waals surface area contributed by atoms with E-state index in [0.29, 0.717) is 42.0 Å². The molecule has 0 saturated carbocycles. The molecule has 28 heavy (non-hydrogen) atoms. The third kappa shape index (κ3) is 3.93. The van der Waals surface area contributed by atoms with Gasteiger partial charge >= 0.3 is 0 Å². The molecule has 8 heteroatoms. The molecule has 4 rings (SSSR count). The van der Waals surface area contributed by atoms with Crippen LogP contribution in [0.25, 0.3) is 23.5 Å². The van der Waals surface area contributed by atoms with Crippen LogP contribution < -0.4 is 0 Å². The summed E-state index contributed by atoms with van der Waals surface area (Å²) >= 11 is 0. The van der Waals surface area contributed by atoms with Crippen molar-refractivity contribution in [3.05, 3.63) is 54.3 Å². The van der Waals surface area contributed by atoms with E-state index in [-0.39, 0.29) is 4.90 Å². The fraction of sp³-hybridized carbons (Fsp3) is 0.300. The first-order valence-electron chi connectivity index (χ1n) is 9.18. The molecule has 0 aliphatic carbocycles. The molecule has 1 aliphatic rings. The second-order valence-electron chi connectivity index (χ2n) is 6.92. The topological polar surface area (TPSA) is 89.4 Å². The van der Waals surface area contributed by atoms with Gasteiger partial charge in [-0.3, -0.25) is 0 Å². The molecule has 3 aromatic rings. The highest BCUT2D eigenvalue weighted by molar-refractivity contribution is 7.89. The van der Waals surface area contributed by atoms with Crippen molar-refractivity contribution in [1.82, 2.24) is 14.4 Å². The summed E-state index contributed by atoms with van der Waals surface area (Å²) in [5.74, 6) is 1.99. The molecule has 0 atom stereocenters. The quantitative estimate of drug-likeness (QED) is 0.646. The van der Waals surface area contributed by atoms with Crippen molar-refractivity contribution in [2.75, 3.05) is 13.1 Å². The van der Waals surface area contributed by atoms with E-state index in [2.05, 4.69) is 17.1 Å². The maximum absolute atomic E-state index is 12.8. The van der Waals surface area contributed by atoms with Crippen LogP contribution in [0.1, 0.15) is 31.4 Å². The van der Waals surface area contributed by atoms with Crippen molar-refractivity contribution < 1.29 is 17.4 Å². The van der Waals surface area contributed by atoms with Crippen LogP contribution >= 0.6 is 0 Å². The lowest BCUT2D eigenvalue weighted by atomic mass is 10.0. The van der Waals surface area contributed by atoms with Crippen molar-refractivity contribution >= 4 is 22.2 Å². The molecule has 0 bridgehead atoms. The van der Waals surface area contributed by atoms with Gasteiger partial charge in [0.05, 0.1) is 11.2 Å². The highest BCUT2D eigenvalue weighted by Gasteiger charge is 2.28. The highest BCUT2D eigenvalue weighted by Crippen LogP contribution is 2.25. The molecule has 0 spiro atoms. The first-order chi connectivity index (χ1) is 13.5. The summed E-state index contributed by atoms with van der Waals surface area (Å²) in [6, 6.07) is 10.2. The van der Waals surface area contributed by atoms with E-state index in [1.54, 1.807) is 53.1 Å². The number of hydrogen-bond acceptors (Lipinski definition) is 6. The van der Waals surface area contributed by atoms with Gasteiger partial charge in [0.1, 0.15) is 5.76 Å². The van der Waals surface area contributed by atoms with Gasteiger partial charge in [-0.2, -0.15) is 9.29 Å². The van der Waals surface area contributed by atoms with Gasteiger partial charge in [-0.25, -0.2) is 8.42 Å². The molecule has 7 nitrogen and oxygen atoms in total. The molecule has 1 saturated heterocycles. The minimum absolute atomic E-state index is 0.284. The van der Waals surface area contributed by atoms with Gasteiger partial charge in [-0.15, -0.1) is 0 Å². The standard InChI is InChI=1S/C20H21N3O4S/c1-15-10-12-23(13-11-15)28(24,25)18-7-4-16(5-8-18)20-21-19(27-22-20)9-6-17-3-2-14-26-17/h2-9,14-15H,10-13H2,1H3. The van der Waals surface area contributed by atoms with Crippen molar-refractivity contribution in [2.45, 2.75) is 24.7 Å². The monoisotopic (exact) mass is 399 g/mol. The molecule has 0 amide bonds. The number of piperidine rings is 1. The Bertz CT molecular complexity index is 1050. The van der Waals surface area contributed by atoms with Crippen LogP contribution in [0.4, 0.5) is 0 Å². The Kier molecular flexibility index (Phi) is 5.15. The molecule has 146 valence electrons. The van der Waals surface area contributed by atoms with E-state index in [0.717, 1.165) is 12.8 Å². The van der Waals surface area contributed by atoms with Crippen LogP contribution in [-0.2, 0) is 10.0 Å². The lowest BCUT2D eigenvalue weighted by molar-refractivity contribution is 0.288. The van der Waals surface area contributed by atoms with Crippen LogP contribution in [0.5, 0.6) is 0 Å². The van der Waals surface area contributed by atoms with Crippen LogP contribution in [0.15, 0.2) is 56.5 Å². The van der Waals surface area contributed by atoms with Crippen LogP contribution in [0, 0.1) is 5.92 Å². The molecular weight excluding hydrogens is 378 g/mol. The number of aromatic nitrogens is 2. The second-order valence-corrected chi connectivity index (χ2v) is 8.85. The smallest absolute Gasteiger partial charge is 0.251 e. The van der Waals surface area contributed by atoms with Crippen molar-refractivity contribution in [3.8, 4) is 11.4 Å². The zero-order valence-electron chi connectivity index (χ0n) is 15.5. The minimum Gasteiger partial charge on any atom is -0.465 e. The first kappa shape index (κ1) is 18.6. The van der Waals surface area contributed by atoms with E-state index < -0.39 is 10.0 Å². The van der Waals surface area contributed by atoms with Gasteiger partial charge in [0.2, 0.25) is 15.8 Å². The van der Waals surface area contributed by atoms with Crippen LogP contribution in [0.2, 0.25) is 0 Å². The molecule has 0 radical (unpaired) electrons. The molecule has 0 unspecified atom stereocenters. The van der Waals surface area contributed by atoms with Gasteiger partial charge < -0.3 is 8.94 Å². The average Bonchev–Trinajstić information content (AvgIpc) is 3.39. The van der Waals surface area contributed by atoms with Gasteiger partial charge in [-0.05, 0) is 61.2 Å². The summed E-state index contributed by atoms with van der Waals surface area (Å²) < 4.78 is 37.6. The molecule has 3 heterocycles. The third-order valence-electron chi connectivity index (χ3n) is 4.87. The molecule has 1 aliphatic heterocycles. The average molecular weight is 399 g/mol. The van der Waals surface area contributed by atoms with E-state index >= 15 is 0 Å². The fourth-order valence-corrected chi connectivity index (χ4v) is 4.58. The Morgan fingerprint density at radius 3 is 2.54 bits per heavy atom. The number of sulfonamides is 1. The van der Waals surface area contributed by atoms with E-state index in [1.165, 1.54) is 0 Å². The predicted octanol–water partition coefficient (Wildman–Crippen LogP) is 3.92. The summed E-state index contributed by atoms with van der Waals surface area (Å²) in [4.78, 5) is 4.59. The Labute approximate surface area is 163 Å². The van der Waals surface area contributed by atoms with Crippen molar-refractivity contribution in [1.29, 1.82) is 0 Å². The number of nitrogens with zero attached hydrogens (tertiary/aromatic N) is 3. The highest BCUT2D eigenvalue weighted by atomic mass is 32.2. The normalized spacial score (nSPS) is 16.8. The lowest BCUT2D eigenvalue weighted by Gasteiger charge is -2.29. The molecule has 0 N–H and O–H groups in total. The summed E-state index contributed by atoms with van der Waals surface area (Å²) in [6.45, 7) is 3.30. The lowest BCUT2D eigenvalue weighted by Crippen LogP contribution is -2.37. The van der Waals surface area contributed by atoms with Gasteiger partial charge in [0.25, 0.3) is 5.89 Å². The Hall–Kier alpha value is -2.71. The number of benzene rings is 1. The first-order valence-corrected chi connectivity index (χ1v) is 10.6. The Morgan fingerprint density at radius 1 is 1.11 bits per heavy atom. The van der Waals surface area contributed by atoms with Crippen molar-refractivity contribution in [2.24, 2.45) is 5.92 Å². The minimum atomic E-state index is -3.47. The largest absolute Gasteiger partial charge is 0.465 e. The van der Waals surface area contributed by atoms with Crippen LogP contribution in [-0.4, -0.2) is 36.0 Å². The van der Waals surface area contributed by atoms with Gasteiger partial charge in [0, 0.05) is 24.7 Å². The zero-order valence-corrected chi connectivity index (χ0v) is 16.3. The molecular formula is C20H21N3O4S. The van der Waals surface area contributed by atoms with E-state index in [1.807, 2.05) is 6.07 Å². The zero-order chi connectivity index (χ0) is 19.6. The van der Waals surface area contributed by atoms with Crippen LogP contribution in [0.3, 0.4) is 0 Å². The molecule has 1 fully saturated rings. The third-order valence-corrected chi connectivity index (χ3v) is 6.78. The summed E-state index contributed by atoms with van der Waals surface area (Å²) in [6.07, 6.45) is 6.76. The summed E-state index contributed by atoms with van der Waals surface area (Å²) in [5.41, 5.74) is 0.688. The summed E-state index contributed by atoms with van der Waals surface area (Å²) in [7, 11) is -3.47. The second kappa shape index (κ2) is 7.73.